The Labute approximate surface area is 171 Å². The Morgan fingerprint density at radius 2 is 1.70 bits per heavy atom. The molecule has 0 spiro atoms. The lowest BCUT2D eigenvalue weighted by Crippen LogP contribution is -2.32. The number of benzene rings is 2. The molecule has 0 radical (unpaired) electrons. The van der Waals surface area contributed by atoms with Gasteiger partial charge in [0.1, 0.15) is 5.52 Å². The summed E-state index contributed by atoms with van der Waals surface area (Å²) in [5.41, 5.74) is 1.87. The van der Waals surface area contributed by atoms with Gasteiger partial charge < -0.3 is 19.4 Å². The highest BCUT2D eigenvalue weighted by Gasteiger charge is 2.15. The average molecular weight is 404 g/mol. The van der Waals surface area contributed by atoms with Gasteiger partial charge in [0.05, 0.1) is 31.5 Å². The standard InChI is InChI=1S/C22H20N4O4/c1-13(9-14-7-5-4-6-8-14)12-23-26-21(27)20-19(25-22(26)28)15-10-17(29-2)18(30-3)11-16(15)24-20/h4-12,24H,1-3H3,(H,25,28)/b13-9-,23-12-. The van der Waals surface area contributed by atoms with Gasteiger partial charge >= 0.3 is 11.2 Å². The fourth-order valence-corrected chi connectivity index (χ4v) is 3.27. The van der Waals surface area contributed by atoms with Crippen LogP contribution in [0.2, 0.25) is 0 Å². The Bertz CT molecular complexity index is 1410. The van der Waals surface area contributed by atoms with Crippen molar-refractivity contribution in [1.29, 1.82) is 0 Å². The molecule has 30 heavy (non-hydrogen) atoms. The van der Waals surface area contributed by atoms with E-state index < -0.39 is 11.2 Å². The molecule has 0 saturated carbocycles. The average Bonchev–Trinajstić information content (AvgIpc) is 3.10. The van der Waals surface area contributed by atoms with E-state index in [9.17, 15) is 9.59 Å². The fraction of sp³-hybridized carbons (Fsp3) is 0.136. The number of aromatic nitrogens is 3. The highest BCUT2D eigenvalue weighted by Crippen LogP contribution is 2.34. The summed E-state index contributed by atoms with van der Waals surface area (Å²) in [7, 11) is 3.05. The number of nitrogens with zero attached hydrogens (tertiary/aromatic N) is 2. The lowest BCUT2D eigenvalue weighted by molar-refractivity contribution is 0.356. The van der Waals surface area contributed by atoms with E-state index in [1.54, 1.807) is 12.1 Å². The van der Waals surface area contributed by atoms with Crippen molar-refractivity contribution in [2.45, 2.75) is 6.92 Å². The van der Waals surface area contributed by atoms with Gasteiger partial charge in [0, 0.05) is 11.5 Å². The monoisotopic (exact) mass is 404 g/mol. The molecule has 0 atom stereocenters. The minimum atomic E-state index is -0.632. The molecule has 8 heteroatoms. The zero-order valence-corrected chi connectivity index (χ0v) is 16.7. The van der Waals surface area contributed by atoms with Crippen LogP contribution in [-0.2, 0) is 0 Å². The minimum absolute atomic E-state index is 0.238. The topological polar surface area (TPSA) is 101 Å². The van der Waals surface area contributed by atoms with Crippen LogP contribution in [0, 0.1) is 0 Å². The Hall–Kier alpha value is -4.07. The van der Waals surface area contributed by atoms with Crippen molar-refractivity contribution >= 4 is 34.2 Å². The second-order valence-corrected chi connectivity index (χ2v) is 6.72. The molecule has 0 saturated heterocycles. The number of rotatable bonds is 5. The van der Waals surface area contributed by atoms with Gasteiger partial charge in [-0.25, -0.2) is 4.79 Å². The van der Waals surface area contributed by atoms with Gasteiger partial charge in [0.15, 0.2) is 11.5 Å². The molecular formula is C22H20N4O4. The molecule has 2 N–H and O–H groups in total. The number of hydrogen-bond donors (Lipinski definition) is 2. The van der Waals surface area contributed by atoms with Gasteiger partial charge in [-0.1, -0.05) is 36.4 Å². The molecule has 0 amide bonds. The molecule has 2 aromatic heterocycles. The number of aromatic amines is 2. The predicted octanol–water partition coefficient (Wildman–Crippen LogP) is 3.13. The van der Waals surface area contributed by atoms with Crippen LogP contribution in [0.25, 0.3) is 28.0 Å². The smallest absolute Gasteiger partial charge is 0.350 e. The van der Waals surface area contributed by atoms with Crippen LogP contribution in [0.3, 0.4) is 0 Å². The van der Waals surface area contributed by atoms with Gasteiger partial charge in [0.2, 0.25) is 0 Å². The van der Waals surface area contributed by atoms with Crippen molar-refractivity contribution < 1.29 is 9.47 Å². The lowest BCUT2D eigenvalue weighted by atomic mass is 10.1. The Morgan fingerprint density at radius 1 is 1.00 bits per heavy atom. The Balaban J connectivity index is 1.82. The first-order valence-electron chi connectivity index (χ1n) is 9.22. The number of ether oxygens (including phenoxy) is 2. The third-order valence-electron chi connectivity index (χ3n) is 4.70. The van der Waals surface area contributed by atoms with Crippen LogP contribution in [0.1, 0.15) is 12.5 Å². The van der Waals surface area contributed by atoms with Crippen LogP contribution in [-0.4, -0.2) is 35.1 Å². The SMILES string of the molecule is COc1cc2[nH]c3c(=O)n(/N=C\C(C)=C/c4ccccc4)c(=O)[nH]c3c2cc1OC. The predicted molar refractivity (Wildman–Crippen MR) is 118 cm³/mol. The van der Waals surface area contributed by atoms with E-state index in [0.29, 0.717) is 27.9 Å². The maximum absolute atomic E-state index is 12.9. The number of methoxy groups -OCH3 is 2. The van der Waals surface area contributed by atoms with Gasteiger partial charge in [-0.2, -0.15) is 5.10 Å². The third-order valence-corrected chi connectivity index (χ3v) is 4.70. The van der Waals surface area contributed by atoms with Crippen molar-refractivity contribution in [3.8, 4) is 11.5 Å². The van der Waals surface area contributed by atoms with Crippen molar-refractivity contribution in [1.82, 2.24) is 14.6 Å². The summed E-state index contributed by atoms with van der Waals surface area (Å²) < 4.78 is 11.4. The molecule has 0 aliphatic rings. The summed E-state index contributed by atoms with van der Waals surface area (Å²) in [6, 6.07) is 13.1. The van der Waals surface area contributed by atoms with Crippen molar-refractivity contribution in [2.24, 2.45) is 5.10 Å². The van der Waals surface area contributed by atoms with E-state index in [1.165, 1.54) is 20.4 Å². The number of fused-ring (bicyclic) bond motifs is 3. The van der Waals surface area contributed by atoms with Crippen LogP contribution < -0.4 is 20.7 Å². The van der Waals surface area contributed by atoms with Crippen LogP contribution in [0.15, 0.2) is 62.7 Å². The maximum Gasteiger partial charge on any atom is 0.350 e. The molecule has 0 unspecified atom stereocenters. The van der Waals surface area contributed by atoms with E-state index in [0.717, 1.165) is 15.8 Å². The van der Waals surface area contributed by atoms with E-state index in [1.807, 2.05) is 43.3 Å². The molecule has 2 aromatic carbocycles. The van der Waals surface area contributed by atoms with Gasteiger partial charge in [0.25, 0.3) is 0 Å². The van der Waals surface area contributed by atoms with E-state index in [4.69, 9.17) is 9.47 Å². The summed E-state index contributed by atoms with van der Waals surface area (Å²) in [5, 5.41) is 4.73. The van der Waals surface area contributed by atoms with Gasteiger partial charge in [-0.3, -0.25) is 4.79 Å². The quantitative estimate of drug-likeness (QED) is 0.499. The minimum Gasteiger partial charge on any atom is -0.493 e. The van der Waals surface area contributed by atoms with Crippen LogP contribution >= 0.6 is 0 Å². The summed E-state index contributed by atoms with van der Waals surface area (Å²) in [5.74, 6) is 1.01. The zero-order chi connectivity index (χ0) is 21.3. The fourth-order valence-electron chi connectivity index (χ4n) is 3.27. The van der Waals surface area contributed by atoms with Gasteiger partial charge in [-0.05, 0) is 24.1 Å². The molecular weight excluding hydrogens is 384 g/mol. The highest BCUT2D eigenvalue weighted by atomic mass is 16.5. The molecule has 0 aliphatic heterocycles. The second kappa shape index (κ2) is 7.75. The summed E-state index contributed by atoms with van der Waals surface area (Å²) in [6.07, 6.45) is 3.38. The molecule has 4 rings (SSSR count). The van der Waals surface area contributed by atoms with Crippen molar-refractivity contribution in [3.63, 3.8) is 0 Å². The number of allylic oxidation sites excluding steroid dienone is 1. The molecule has 8 nitrogen and oxygen atoms in total. The Kier molecular flexibility index (Phi) is 4.97. The maximum atomic E-state index is 12.9. The van der Waals surface area contributed by atoms with Crippen molar-refractivity contribution in [3.05, 3.63) is 74.4 Å². The molecule has 0 fully saturated rings. The van der Waals surface area contributed by atoms with Gasteiger partial charge in [-0.15, -0.1) is 4.68 Å². The summed E-state index contributed by atoms with van der Waals surface area (Å²) in [4.78, 5) is 31.2. The first-order chi connectivity index (χ1) is 14.5. The van der Waals surface area contributed by atoms with Crippen LogP contribution in [0.4, 0.5) is 0 Å². The number of nitrogens with one attached hydrogen (secondary N) is 2. The second-order valence-electron chi connectivity index (χ2n) is 6.72. The third kappa shape index (κ3) is 3.39. The number of H-pyrrole nitrogens is 2. The lowest BCUT2D eigenvalue weighted by Gasteiger charge is -2.06. The molecule has 0 bridgehead atoms. The largest absolute Gasteiger partial charge is 0.493 e. The molecule has 4 aromatic rings. The van der Waals surface area contributed by atoms with E-state index >= 15 is 0 Å². The Morgan fingerprint density at radius 3 is 2.40 bits per heavy atom. The molecule has 152 valence electrons. The molecule has 2 heterocycles. The van der Waals surface area contributed by atoms with E-state index in [2.05, 4.69) is 15.1 Å². The van der Waals surface area contributed by atoms with E-state index in [-0.39, 0.29) is 5.52 Å². The summed E-state index contributed by atoms with van der Waals surface area (Å²) >= 11 is 0. The zero-order valence-electron chi connectivity index (χ0n) is 16.7. The normalized spacial score (nSPS) is 12.2. The van der Waals surface area contributed by atoms with Crippen LogP contribution in [0.5, 0.6) is 11.5 Å². The highest BCUT2D eigenvalue weighted by molar-refractivity contribution is 6.05. The first kappa shape index (κ1) is 19.3. The number of hydrogen-bond acceptors (Lipinski definition) is 5. The molecule has 0 aliphatic carbocycles. The summed E-state index contributed by atoms with van der Waals surface area (Å²) in [6.45, 7) is 1.84. The first-order valence-corrected chi connectivity index (χ1v) is 9.22. The van der Waals surface area contributed by atoms with Crippen molar-refractivity contribution in [2.75, 3.05) is 14.2 Å².